The Hall–Kier alpha value is -3.50. The van der Waals surface area contributed by atoms with Crippen LogP contribution in [-0.4, -0.2) is 45.5 Å². The van der Waals surface area contributed by atoms with Crippen molar-refractivity contribution in [1.29, 1.82) is 0 Å². The largest absolute Gasteiger partial charge is 0.369 e. The Morgan fingerprint density at radius 3 is 2.73 bits per heavy atom. The van der Waals surface area contributed by atoms with Gasteiger partial charge in [-0.25, -0.2) is 4.99 Å². The number of carbonyl (C=O) groups excluding carboxylic acids is 1. The lowest BCUT2D eigenvalue weighted by Crippen LogP contribution is -2.33. The third-order valence-corrected chi connectivity index (χ3v) is 8.72. The van der Waals surface area contributed by atoms with E-state index in [1.165, 1.54) is 0 Å². The first-order chi connectivity index (χ1) is 19.4. The molecule has 1 aliphatic heterocycles. The van der Waals surface area contributed by atoms with Crippen LogP contribution in [-0.2, 0) is 17.9 Å². The maximum atomic E-state index is 12.8. The van der Waals surface area contributed by atoms with Crippen molar-refractivity contribution < 1.29 is 4.79 Å². The molecule has 1 aromatic heterocycles. The number of carbonyl (C=O) groups is 1. The van der Waals surface area contributed by atoms with E-state index in [1.54, 1.807) is 24.2 Å². The molecular formula is C31H46N8OS. The number of allylic oxidation sites excluding steroid dienone is 2. The van der Waals surface area contributed by atoms with Crippen molar-refractivity contribution in [3.8, 4) is 0 Å². The van der Waals surface area contributed by atoms with Gasteiger partial charge in [0.1, 0.15) is 0 Å². The van der Waals surface area contributed by atoms with Gasteiger partial charge in [-0.3, -0.25) is 9.48 Å². The lowest BCUT2D eigenvalue weighted by molar-refractivity contribution is -0.117. The van der Waals surface area contributed by atoms with Crippen molar-refractivity contribution in [2.45, 2.75) is 65.9 Å². The lowest BCUT2D eigenvalue weighted by atomic mass is 9.96. The molecule has 10 heteroatoms. The highest BCUT2D eigenvalue weighted by Gasteiger charge is 2.35. The summed E-state index contributed by atoms with van der Waals surface area (Å²) < 4.78 is 1.88. The lowest BCUT2D eigenvalue weighted by Gasteiger charge is -2.32. The summed E-state index contributed by atoms with van der Waals surface area (Å²) in [6.45, 7) is 16.8. The van der Waals surface area contributed by atoms with E-state index >= 15 is 0 Å². The molecule has 9 nitrogen and oxygen atoms in total. The summed E-state index contributed by atoms with van der Waals surface area (Å²) in [5, 5.41) is 10.8. The van der Waals surface area contributed by atoms with Crippen LogP contribution in [0.25, 0.3) is 5.57 Å². The molecule has 0 saturated carbocycles. The van der Waals surface area contributed by atoms with Crippen LogP contribution in [0.4, 0.5) is 5.69 Å². The Morgan fingerprint density at radius 2 is 2.10 bits per heavy atom. The van der Waals surface area contributed by atoms with E-state index in [9.17, 15) is 4.79 Å². The molecule has 222 valence electrons. The summed E-state index contributed by atoms with van der Waals surface area (Å²) >= 11 is 1.62. The van der Waals surface area contributed by atoms with Crippen LogP contribution < -0.4 is 22.1 Å². The number of anilines is 1. The van der Waals surface area contributed by atoms with Crippen LogP contribution in [0, 0.1) is 18.3 Å². The second-order valence-electron chi connectivity index (χ2n) is 11.6. The number of aromatic nitrogens is 2. The predicted octanol–water partition coefficient (Wildman–Crippen LogP) is 5.03. The number of benzene rings is 1. The van der Waals surface area contributed by atoms with Gasteiger partial charge in [0.25, 0.3) is 5.91 Å². The van der Waals surface area contributed by atoms with Crippen LogP contribution >= 0.6 is 11.8 Å². The minimum absolute atomic E-state index is 0.0444. The number of thioether (sulfide) groups is 1. The summed E-state index contributed by atoms with van der Waals surface area (Å²) in [7, 11) is 2.02. The molecule has 1 aliphatic rings. The molecule has 0 bridgehead atoms. The van der Waals surface area contributed by atoms with Crippen molar-refractivity contribution in [2.24, 2.45) is 27.8 Å². The van der Waals surface area contributed by atoms with Crippen molar-refractivity contribution in [2.75, 3.05) is 18.9 Å². The zero-order valence-electron chi connectivity index (χ0n) is 25.3. The van der Waals surface area contributed by atoms with E-state index in [2.05, 4.69) is 66.0 Å². The van der Waals surface area contributed by atoms with Gasteiger partial charge in [-0.1, -0.05) is 70.7 Å². The Morgan fingerprint density at radius 1 is 1.34 bits per heavy atom. The summed E-state index contributed by atoms with van der Waals surface area (Å²) in [4.78, 5) is 19.9. The molecule has 1 aromatic carbocycles. The SMILES string of the molecule is C=C(/C=C\N=C(N)Nc1cnn(CC(CN)CCC)c1)c1ccc(CNC(=O)C2=CN(C)C(C(C)(C)C)S2)c(C)c1. The number of aryl methyl sites for hydroxylation is 1. The topological polar surface area (TPSA) is 127 Å². The van der Waals surface area contributed by atoms with E-state index in [-0.39, 0.29) is 22.7 Å². The summed E-state index contributed by atoms with van der Waals surface area (Å²) in [5.41, 5.74) is 16.7. The smallest absolute Gasteiger partial charge is 0.259 e. The van der Waals surface area contributed by atoms with E-state index in [1.807, 2.05) is 49.3 Å². The average Bonchev–Trinajstić information content (AvgIpc) is 3.53. The summed E-state index contributed by atoms with van der Waals surface area (Å²) in [6, 6.07) is 6.09. The molecule has 0 saturated heterocycles. The number of amides is 1. The molecule has 2 aromatic rings. The monoisotopic (exact) mass is 578 g/mol. The van der Waals surface area contributed by atoms with E-state index in [4.69, 9.17) is 11.5 Å². The first-order valence-corrected chi connectivity index (χ1v) is 15.0. The maximum absolute atomic E-state index is 12.8. The highest BCUT2D eigenvalue weighted by molar-refractivity contribution is 8.04. The van der Waals surface area contributed by atoms with Gasteiger partial charge >= 0.3 is 0 Å². The Kier molecular flexibility index (Phi) is 11.3. The fraction of sp³-hybridized carbons (Fsp3) is 0.452. The first-order valence-electron chi connectivity index (χ1n) is 14.1. The van der Waals surface area contributed by atoms with Crippen LogP contribution in [0.2, 0.25) is 0 Å². The molecule has 0 radical (unpaired) electrons. The van der Waals surface area contributed by atoms with Crippen LogP contribution in [0.15, 0.2) is 65.5 Å². The van der Waals surface area contributed by atoms with E-state index < -0.39 is 0 Å². The minimum Gasteiger partial charge on any atom is -0.369 e. The second kappa shape index (κ2) is 14.4. The van der Waals surface area contributed by atoms with Crippen LogP contribution in [0.1, 0.15) is 57.2 Å². The number of rotatable bonds is 12. The summed E-state index contributed by atoms with van der Waals surface area (Å²) in [5.74, 6) is 0.620. The fourth-order valence-corrected chi connectivity index (χ4v) is 5.94. The van der Waals surface area contributed by atoms with Crippen LogP contribution in [0.3, 0.4) is 0 Å². The molecule has 1 amide bonds. The van der Waals surface area contributed by atoms with Gasteiger partial charge in [0.15, 0.2) is 5.96 Å². The predicted molar refractivity (Wildman–Crippen MR) is 173 cm³/mol. The van der Waals surface area contributed by atoms with Gasteiger partial charge < -0.3 is 27.0 Å². The van der Waals surface area contributed by atoms with Crippen molar-refractivity contribution in [3.63, 3.8) is 0 Å². The molecule has 2 atom stereocenters. The van der Waals surface area contributed by atoms with Gasteiger partial charge in [-0.05, 0) is 59.6 Å². The van der Waals surface area contributed by atoms with Crippen molar-refractivity contribution in [3.05, 3.63) is 77.2 Å². The fourth-order valence-electron chi connectivity index (χ4n) is 4.71. The standard InChI is InChI=1S/C31H46N8OS/c1-8-9-23(15-32)18-39-19-26(17-36-39)37-30(33)34-13-12-21(2)24-10-11-25(22(3)14-24)16-35-28(40)27-20-38(7)29(41-27)31(4,5)6/h10-14,17,19-20,23,29H,2,8-9,15-16,18,32H2,1,3-7H3,(H,35,40)(H3,33,34,37)/b13-12-. The highest BCUT2D eigenvalue weighted by atomic mass is 32.2. The van der Waals surface area contributed by atoms with Gasteiger partial charge in [0.05, 0.1) is 22.2 Å². The molecule has 2 unspecified atom stereocenters. The van der Waals surface area contributed by atoms with Crippen LogP contribution in [0.5, 0.6) is 0 Å². The molecule has 0 aliphatic carbocycles. The number of guanidine groups is 1. The molecule has 2 heterocycles. The average molecular weight is 579 g/mol. The molecule has 3 rings (SSSR count). The number of aliphatic imine (C=N–C) groups is 1. The first kappa shape index (κ1) is 32.0. The highest BCUT2D eigenvalue weighted by Crippen LogP contribution is 2.41. The molecule has 0 spiro atoms. The van der Waals surface area contributed by atoms with Gasteiger partial charge in [-0.15, -0.1) is 0 Å². The van der Waals surface area contributed by atoms with Crippen molar-refractivity contribution >= 4 is 34.9 Å². The van der Waals surface area contributed by atoms with Crippen molar-refractivity contribution in [1.82, 2.24) is 20.0 Å². The minimum atomic E-state index is -0.0444. The summed E-state index contributed by atoms with van der Waals surface area (Å²) in [6.07, 6.45) is 11.2. The van der Waals surface area contributed by atoms with Gasteiger partial charge in [0, 0.05) is 38.7 Å². The number of nitrogens with zero attached hydrogens (tertiary/aromatic N) is 4. The zero-order chi connectivity index (χ0) is 30.2. The Bertz CT molecular complexity index is 1300. The number of nitrogens with two attached hydrogens (primary N) is 2. The molecule has 41 heavy (non-hydrogen) atoms. The number of hydrogen-bond acceptors (Lipinski definition) is 6. The molecule has 6 N–H and O–H groups in total. The second-order valence-corrected chi connectivity index (χ2v) is 12.8. The number of hydrogen-bond donors (Lipinski definition) is 4. The number of nitrogens with one attached hydrogen (secondary N) is 2. The normalized spacial score (nSPS) is 16.7. The molecular weight excluding hydrogens is 532 g/mol. The third-order valence-electron chi connectivity index (χ3n) is 6.92. The Labute approximate surface area is 249 Å². The van der Waals surface area contributed by atoms with E-state index in [0.29, 0.717) is 19.0 Å². The van der Waals surface area contributed by atoms with E-state index in [0.717, 1.165) is 52.2 Å². The van der Waals surface area contributed by atoms with Gasteiger partial charge in [-0.2, -0.15) is 5.10 Å². The van der Waals surface area contributed by atoms with Gasteiger partial charge in [0.2, 0.25) is 0 Å². The quantitative estimate of drug-likeness (QED) is 0.158. The maximum Gasteiger partial charge on any atom is 0.259 e. The third kappa shape index (κ3) is 9.26. The Balaban J connectivity index is 1.51. The zero-order valence-corrected chi connectivity index (χ0v) is 26.1. The molecule has 0 fully saturated rings.